The highest BCUT2D eigenvalue weighted by Crippen LogP contribution is 2.18. The molecule has 0 radical (unpaired) electrons. The molecule has 1 atom stereocenters. The molecule has 0 bridgehead atoms. The monoisotopic (exact) mass is 336 g/mol. The summed E-state index contributed by atoms with van der Waals surface area (Å²) in [6.45, 7) is 3.03. The van der Waals surface area contributed by atoms with Crippen molar-refractivity contribution in [1.82, 2.24) is 0 Å². The molecule has 132 valence electrons. The quantitative estimate of drug-likeness (QED) is 0.371. The molecule has 0 aromatic heterocycles. The maximum atomic E-state index is 11.6. The molecule has 2 N–H and O–H groups in total. The van der Waals surface area contributed by atoms with Gasteiger partial charge in [0.25, 0.3) is 0 Å². The number of aliphatic hydroxyl groups is 1. The summed E-state index contributed by atoms with van der Waals surface area (Å²) in [4.78, 5) is 8.91. The summed E-state index contributed by atoms with van der Waals surface area (Å²) < 4.78 is 30.6. The molecule has 6 heteroatoms. The zero-order valence-corrected chi connectivity index (χ0v) is 14.8. The lowest BCUT2D eigenvalue weighted by Crippen LogP contribution is -2.43. The van der Waals surface area contributed by atoms with Gasteiger partial charge in [0.1, 0.15) is 0 Å². The number of ketones is 1. The van der Waals surface area contributed by atoms with Crippen LogP contribution in [0.3, 0.4) is 0 Å². The van der Waals surface area contributed by atoms with Gasteiger partial charge in [0.05, 0.1) is 0 Å². The van der Waals surface area contributed by atoms with E-state index in [1.807, 2.05) is 0 Å². The normalized spacial score (nSPS) is 14.7. The molecule has 0 fully saturated rings. The van der Waals surface area contributed by atoms with Crippen LogP contribution in [0.2, 0.25) is 0 Å². The smallest absolute Gasteiger partial charge is 0.302 e. The second-order valence-corrected chi connectivity index (χ2v) is 7.91. The SMILES string of the molecule is CCCCCCCCCCCCCC(=O)C(C)(O)S(=O)(=O)O. The Kier molecular flexibility index (Phi) is 10.9. The number of carbonyl (C=O) groups is 1. The molecule has 0 aliphatic heterocycles. The van der Waals surface area contributed by atoms with E-state index in [0.29, 0.717) is 6.42 Å². The first-order chi connectivity index (χ1) is 10.2. The van der Waals surface area contributed by atoms with Gasteiger partial charge in [-0.1, -0.05) is 71.1 Å². The van der Waals surface area contributed by atoms with E-state index in [9.17, 15) is 18.3 Å². The van der Waals surface area contributed by atoms with Crippen LogP contribution in [0.5, 0.6) is 0 Å². The van der Waals surface area contributed by atoms with Gasteiger partial charge >= 0.3 is 10.1 Å². The van der Waals surface area contributed by atoms with Gasteiger partial charge in [-0.05, 0) is 13.3 Å². The van der Waals surface area contributed by atoms with Gasteiger partial charge in [-0.15, -0.1) is 0 Å². The Hall–Kier alpha value is -0.460. The lowest BCUT2D eigenvalue weighted by molar-refractivity contribution is -0.129. The van der Waals surface area contributed by atoms with Crippen LogP contribution in [-0.2, 0) is 14.9 Å². The van der Waals surface area contributed by atoms with E-state index >= 15 is 0 Å². The van der Waals surface area contributed by atoms with E-state index in [2.05, 4.69) is 6.92 Å². The Morgan fingerprint density at radius 1 is 0.864 bits per heavy atom. The number of hydrogen-bond donors (Lipinski definition) is 2. The van der Waals surface area contributed by atoms with Crippen molar-refractivity contribution in [2.45, 2.75) is 95.8 Å². The number of carbonyl (C=O) groups excluding carboxylic acids is 1. The van der Waals surface area contributed by atoms with Gasteiger partial charge in [-0.2, -0.15) is 8.42 Å². The molecular weight excluding hydrogens is 304 g/mol. The van der Waals surface area contributed by atoms with Crippen LogP contribution in [0.25, 0.3) is 0 Å². The van der Waals surface area contributed by atoms with Crippen molar-refractivity contribution in [3.8, 4) is 0 Å². The fourth-order valence-electron chi connectivity index (χ4n) is 2.33. The molecule has 1 unspecified atom stereocenters. The van der Waals surface area contributed by atoms with E-state index in [0.717, 1.165) is 26.2 Å². The Balaban J connectivity index is 3.56. The van der Waals surface area contributed by atoms with Crippen molar-refractivity contribution in [1.29, 1.82) is 0 Å². The molecule has 0 aliphatic rings. The second-order valence-electron chi connectivity index (χ2n) is 6.17. The third-order valence-corrected chi connectivity index (χ3v) is 5.26. The minimum Gasteiger partial charge on any atom is -0.367 e. The van der Waals surface area contributed by atoms with Crippen molar-refractivity contribution < 1.29 is 22.9 Å². The largest absolute Gasteiger partial charge is 0.367 e. The van der Waals surface area contributed by atoms with E-state index in [4.69, 9.17) is 4.55 Å². The predicted molar refractivity (Wildman–Crippen MR) is 88.3 cm³/mol. The average molecular weight is 336 g/mol. The predicted octanol–water partition coefficient (Wildman–Crippen LogP) is 3.85. The summed E-state index contributed by atoms with van der Waals surface area (Å²) >= 11 is 0. The van der Waals surface area contributed by atoms with Crippen molar-refractivity contribution >= 4 is 15.9 Å². The zero-order valence-electron chi connectivity index (χ0n) is 14.0. The Morgan fingerprint density at radius 2 is 1.23 bits per heavy atom. The van der Waals surface area contributed by atoms with Crippen LogP contribution in [0.4, 0.5) is 0 Å². The van der Waals surface area contributed by atoms with Crippen LogP contribution in [0.15, 0.2) is 0 Å². The summed E-state index contributed by atoms with van der Waals surface area (Å²) in [5.74, 6) is -0.842. The van der Waals surface area contributed by atoms with Crippen LogP contribution in [0, 0.1) is 0 Å². The van der Waals surface area contributed by atoms with Gasteiger partial charge in [0.2, 0.25) is 4.93 Å². The molecule has 0 aromatic rings. The van der Waals surface area contributed by atoms with Crippen LogP contribution in [0.1, 0.15) is 90.9 Å². The van der Waals surface area contributed by atoms with Crippen LogP contribution in [-0.4, -0.2) is 28.8 Å². The van der Waals surface area contributed by atoms with Gasteiger partial charge in [-0.25, -0.2) is 0 Å². The molecule has 0 saturated carbocycles. The van der Waals surface area contributed by atoms with Gasteiger partial charge in [0.15, 0.2) is 5.78 Å². The molecule has 22 heavy (non-hydrogen) atoms. The summed E-state index contributed by atoms with van der Waals surface area (Å²) in [5.41, 5.74) is 0. The summed E-state index contributed by atoms with van der Waals surface area (Å²) in [6, 6.07) is 0. The number of Topliss-reactive ketones (excluding diaryl/α,β-unsaturated/α-hetero) is 1. The fourth-order valence-corrected chi connectivity index (χ4v) is 2.72. The average Bonchev–Trinajstić information content (AvgIpc) is 2.43. The molecule has 0 spiro atoms. The van der Waals surface area contributed by atoms with Crippen LogP contribution >= 0.6 is 0 Å². The Morgan fingerprint density at radius 3 is 1.59 bits per heavy atom. The summed E-state index contributed by atoms with van der Waals surface area (Å²) in [6.07, 6.45) is 12.4. The first-order valence-corrected chi connectivity index (χ1v) is 9.90. The lowest BCUT2D eigenvalue weighted by Gasteiger charge is -2.17. The van der Waals surface area contributed by atoms with Crippen LogP contribution < -0.4 is 0 Å². The topological polar surface area (TPSA) is 91.7 Å². The maximum absolute atomic E-state index is 11.6. The maximum Gasteiger partial charge on any atom is 0.302 e. The van der Waals surface area contributed by atoms with Gasteiger partial charge in [-0.3, -0.25) is 9.35 Å². The minimum absolute atomic E-state index is 0.0240. The molecular formula is C16H32O5S. The van der Waals surface area contributed by atoms with Crippen molar-refractivity contribution in [3.63, 3.8) is 0 Å². The molecule has 5 nitrogen and oxygen atoms in total. The third-order valence-electron chi connectivity index (χ3n) is 4.03. The molecule has 0 aliphatic carbocycles. The third kappa shape index (κ3) is 8.86. The summed E-state index contributed by atoms with van der Waals surface area (Å²) in [5, 5.41) is 9.49. The molecule has 0 heterocycles. The first kappa shape index (κ1) is 21.5. The number of rotatable bonds is 14. The highest BCUT2D eigenvalue weighted by Gasteiger charge is 2.42. The summed E-state index contributed by atoms with van der Waals surface area (Å²) in [7, 11) is -4.76. The second kappa shape index (κ2) is 11.1. The number of unbranched alkanes of at least 4 members (excludes halogenated alkanes) is 10. The van der Waals surface area contributed by atoms with E-state index in [1.54, 1.807) is 0 Å². The Bertz CT molecular complexity index is 401. The van der Waals surface area contributed by atoms with Crippen molar-refractivity contribution in [2.75, 3.05) is 0 Å². The highest BCUT2D eigenvalue weighted by atomic mass is 32.2. The molecule has 0 saturated heterocycles. The van der Waals surface area contributed by atoms with E-state index < -0.39 is 20.8 Å². The standard InChI is InChI=1S/C16H32O5S/c1-3-4-5-6-7-8-9-10-11-12-13-14-15(17)16(2,18)22(19,20)21/h18H,3-14H2,1-2H3,(H,19,20,21). The van der Waals surface area contributed by atoms with Gasteiger partial charge < -0.3 is 5.11 Å². The molecule has 0 amide bonds. The van der Waals surface area contributed by atoms with E-state index in [-0.39, 0.29) is 6.42 Å². The first-order valence-electron chi connectivity index (χ1n) is 8.46. The lowest BCUT2D eigenvalue weighted by atomic mass is 10.0. The van der Waals surface area contributed by atoms with Gasteiger partial charge in [0, 0.05) is 6.42 Å². The van der Waals surface area contributed by atoms with Crippen molar-refractivity contribution in [3.05, 3.63) is 0 Å². The molecule has 0 rings (SSSR count). The minimum atomic E-state index is -4.76. The number of hydrogen-bond acceptors (Lipinski definition) is 4. The fraction of sp³-hybridized carbons (Fsp3) is 0.938. The zero-order chi connectivity index (χ0) is 17.1. The van der Waals surface area contributed by atoms with Crippen molar-refractivity contribution in [2.24, 2.45) is 0 Å². The Labute approximate surface area is 135 Å². The molecule has 0 aromatic carbocycles. The van der Waals surface area contributed by atoms with E-state index in [1.165, 1.54) is 44.9 Å². The highest BCUT2D eigenvalue weighted by molar-refractivity contribution is 7.87.